The number of rotatable bonds is 3. The SMILES string of the molecule is O=C(NCc1ccncc1)C1=CC=CNS1. The molecule has 5 heteroatoms. The van der Waals surface area contributed by atoms with Crippen LogP contribution >= 0.6 is 11.9 Å². The van der Waals surface area contributed by atoms with Gasteiger partial charge in [0, 0.05) is 25.1 Å². The number of carbonyl (C=O) groups is 1. The normalized spacial score (nSPS) is 13.9. The Morgan fingerprint density at radius 1 is 1.44 bits per heavy atom. The van der Waals surface area contributed by atoms with Crippen molar-refractivity contribution in [2.24, 2.45) is 0 Å². The molecule has 0 aliphatic carbocycles. The Morgan fingerprint density at radius 2 is 2.25 bits per heavy atom. The lowest BCUT2D eigenvalue weighted by Crippen LogP contribution is -2.24. The van der Waals surface area contributed by atoms with Gasteiger partial charge in [-0.1, -0.05) is 0 Å². The summed E-state index contributed by atoms with van der Waals surface area (Å²) in [5, 5.41) is 2.84. The fourth-order valence-electron chi connectivity index (χ4n) is 1.20. The van der Waals surface area contributed by atoms with E-state index in [1.807, 2.05) is 12.1 Å². The molecule has 0 fully saturated rings. The van der Waals surface area contributed by atoms with Gasteiger partial charge in [0.15, 0.2) is 0 Å². The highest BCUT2D eigenvalue weighted by Gasteiger charge is 2.10. The van der Waals surface area contributed by atoms with Gasteiger partial charge in [0.1, 0.15) is 0 Å². The van der Waals surface area contributed by atoms with E-state index in [0.717, 1.165) is 5.56 Å². The molecule has 1 aromatic rings. The van der Waals surface area contributed by atoms with Crippen molar-refractivity contribution in [3.05, 3.63) is 53.3 Å². The van der Waals surface area contributed by atoms with Crippen LogP contribution in [0, 0.1) is 0 Å². The van der Waals surface area contributed by atoms with Crippen LogP contribution in [-0.4, -0.2) is 10.9 Å². The smallest absolute Gasteiger partial charge is 0.259 e. The fourth-order valence-corrected chi connectivity index (χ4v) is 1.78. The third-order valence-corrected chi connectivity index (χ3v) is 2.80. The number of aromatic nitrogens is 1. The zero-order valence-electron chi connectivity index (χ0n) is 8.51. The van der Waals surface area contributed by atoms with E-state index in [-0.39, 0.29) is 5.91 Å². The number of amides is 1. The standard InChI is InChI=1S/C11H11N3OS/c15-11(10-2-1-5-14-16-10)13-8-9-3-6-12-7-4-9/h1-7,14H,8H2,(H,13,15). The van der Waals surface area contributed by atoms with E-state index in [0.29, 0.717) is 11.4 Å². The molecule has 0 radical (unpaired) electrons. The van der Waals surface area contributed by atoms with E-state index < -0.39 is 0 Å². The van der Waals surface area contributed by atoms with Crippen molar-refractivity contribution in [1.82, 2.24) is 15.0 Å². The number of pyridine rings is 1. The van der Waals surface area contributed by atoms with Crippen LogP contribution in [0.1, 0.15) is 5.56 Å². The van der Waals surface area contributed by atoms with Crippen LogP contribution in [0.5, 0.6) is 0 Å². The van der Waals surface area contributed by atoms with Gasteiger partial charge in [-0.25, -0.2) is 0 Å². The summed E-state index contributed by atoms with van der Waals surface area (Å²) < 4.78 is 2.91. The van der Waals surface area contributed by atoms with Gasteiger partial charge >= 0.3 is 0 Å². The van der Waals surface area contributed by atoms with Gasteiger partial charge in [-0.2, -0.15) is 0 Å². The summed E-state index contributed by atoms with van der Waals surface area (Å²) in [7, 11) is 0. The second-order valence-corrected chi connectivity index (χ2v) is 4.03. The number of hydrogen-bond acceptors (Lipinski definition) is 4. The first-order chi connectivity index (χ1) is 7.86. The van der Waals surface area contributed by atoms with Gasteiger partial charge in [0.25, 0.3) is 5.91 Å². The Bertz CT molecular complexity index is 428. The number of hydrogen-bond donors (Lipinski definition) is 2. The highest BCUT2D eigenvalue weighted by atomic mass is 32.2. The molecule has 82 valence electrons. The second kappa shape index (κ2) is 5.37. The van der Waals surface area contributed by atoms with Crippen molar-refractivity contribution >= 4 is 17.9 Å². The predicted octanol–water partition coefficient (Wildman–Crippen LogP) is 1.35. The third kappa shape index (κ3) is 2.87. The largest absolute Gasteiger partial charge is 0.347 e. The van der Waals surface area contributed by atoms with Crippen molar-refractivity contribution in [3.8, 4) is 0 Å². The van der Waals surface area contributed by atoms with E-state index in [2.05, 4.69) is 15.0 Å². The first kappa shape index (κ1) is 10.8. The van der Waals surface area contributed by atoms with E-state index in [9.17, 15) is 4.79 Å². The van der Waals surface area contributed by atoms with Crippen molar-refractivity contribution in [3.63, 3.8) is 0 Å². The molecule has 2 rings (SSSR count). The zero-order chi connectivity index (χ0) is 11.2. The van der Waals surface area contributed by atoms with Gasteiger partial charge in [-0.3, -0.25) is 9.78 Å². The molecule has 0 atom stereocenters. The zero-order valence-corrected chi connectivity index (χ0v) is 9.33. The monoisotopic (exact) mass is 233 g/mol. The quantitative estimate of drug-likeness (QED) is 0.774. The van der Waals surface area contributed by atoms with Gasteiger partial charge in [-0.05, 0) is 41.8 Å². The minimum Gasteiger partial charge on any atom is -0.347 e. The maximum absolute atomic E-state index is 11.7. The average Bonchev–Trinajstić information content (AvgIpc) is 2.38. The van der Waals surface area contributed by atoms with Crippen LogP contribution in [0.2, 0.25) is 0 Å². The molecule has 0 saturated heterocycles. The summed E-state index contributed by atoms with van der Waals surface area (Å²) in [5.41, 5.74) is 1.04. The van der Waals surface area contributed by atoms with Crippen LogP contribution in [0.25, 0.3) is 0 Å². The number of allylic oxidation sites excluding steroid dienone is 2. The molecule has 0 aromatic carbocycles. The molecule has 0 saturated carbocycles. The lowest BCUT2D eigenvalue weighted by Gasteiger charge is -2.09. The second-order valence-electron chi connectivity index (χ2n) is 3.15. The molecule has 0 bridgehead atoms. The summed E-state index contributed by atoms with van der Waals surface area (Å²) in [4.78, 5) is 16.3. The van der Waals surface area contributed by atoms with Gasteiger partial charge in [-0.15, -0.1) is 0 Å². The molecular formula is C11H11N3OS. The Labute approximate surface area is 98.0 Å². The molecule has 0 unspecified atom stereocenters. The maximum atomic E-state index is 11.7. The van der Waals surface area contributed by atoms with Crippen molar-refractivity contribution in [2.45, 2.75) is 6.54 Å². The minimum absolute atomic E-state index is 0.0707. The van der Waals surface area contributed by atoms with E-state index in [1.165, 1.54) is 11.9 Å². The highest BCUT2D eigenvalue weighted by molar-refractivity contribution is 8.02. The molecule has 1 aliphatic heterocycles. The average molecular weight is 233 g/mol. The van der Waals surface area contributed by atoms with Crippen LogP contribution < -0.4 is 10.0 Å². The maximum Gasteiger partial charge on any atom is 0.259 e. The Morgan fingerprint density at radius 3 is 2.94 bits per heavy atom. The number of nitrogens with one attached hydrogen (secondary N) is 2. The molecule has 2 heterocycles. The molecule has 4 nitrogen and oxygen atoms in total. The van der Waals surface area contributed by atoms with E-state index >= 15 is 0 Å². The lowest BCUT2D eigenvalue weighted by atomic mass is 10.3. The van der Waals surface area contributed by atoms with E-state index in [4.69, 9.17) is 0 Å². The molecule has 1 amide bonds. The van der Waals surface area contributed by atoms with Crippen molar-refractivity contribution < 1.29 is 4.79 Å². The summed E-state index contributed by atoms with van der Waals surface area (Å²) in [6, 6.07) is 3.75. The Hall–Kier alpha value is -1.75. The number of carbonyl (C=O) groups excluding carboxylic acids is 1. The van der Waals surface area contributed by atoms with E-state index in [1.54, 1.807) is 30.7 Å². The van der Waals surface area contributed by atoms with Gasteiger partial charge in [0.2, 0.25) is 0 Å². The first-order valence-electron chi connectivity index (χ1n) is 4.82. The van der Waals surface area contributed by atoms with Gasteiger partial charge in [0.05, 0.1) is 4.91 Å². The third-order valence-electron chi connectivity index (χ3n) is 2.01. The molecular weight excluding hydrogens is 222 g/mol. The molecule has 1 aromatic heterocycles. The summed E-state index contributed by atoms with van der Waals surface area (Å²) >= 11 is 1.31. The summed E-state index contributed by atoms with van der Waals surface area (Å²) in [6.07, 6.45) is 8.78. The van der Waals surface area contributed by atoms with Crippen molar-refractivity contribution in [1.29, 1.82) is 0 Å². The Balaban J connectivity index is 1.89. The molecule has 1 aliphatic rings. The topological polar surface area (TPSA) is 54.0 Å². The van der Waals surface area contributed by atoms with Crippen LogP contribution in [0.3, 0.4) is 0 Å². The fraction of sp³-hybridized carbons (Fsp3) is 0.0909. The van der Waals surface area contributed by atoms with Gasteiger partial charge < -0.3 is 10.0 Å². The number of nitrogens with zero attached hydrogens (tertiary/aromatic N) is 1. The lowest BCUT2D eigenvalue weighted by molar-refractivity contribution is -0.116. The highest BCUT2D eigenvalue weighted by Crippen LogP contribution is 2.15. The van der Waals surface area contributed by atoms with Crippen LogP contribution in [-0.2, 0) is 11.3 Å². The molecule has 2 N–H and O–H groups in total. The summed E-state index contributed by atoms with van der Waals surface area (Å²) in [5.74, 6) is -0.0707. The van der Waals surface area contributed by atoms with Crippen LogP contribution in [0.15, 0.2) is 47.8 Å². The predicted molar refractivity (Wildman–Crippen MR) is 64.0 cm³/mol. The minimum atomic E-state index is -0.0707. The molecule has 16 heavy (non-hydrogen) atoms. The van der Waals surface area contributed by atoms with Crippen molar-refractivity contribution in [2.75, 3.05) is 0 Å². The van der Waals surface area contributed by atoms with Crippen LogP contribution in [0.4, 0.5) is 0 Å². The summed E-state index contributed by atoms with van der Waals surface area (Å²) in [6.45, 7) is 0.517. The first-order valence-corrected chi connectivity index (χ1v) is 5.64. The molecule has 0 spiro atoms. The Kier molecular flexibility index (Phi) is 3.61.